The highest BCUT2D eigenvalue weighted by Gasteiger charge is 2.39. The predicted molar refractivity (Wildman–Crippen MR) is 86.5 cm³/mol. The molecule has 1 fully saturated rings. The van der Waals surface area contributed by atoms with Gasteiger partial charge in [-0.25, -0.2) is 0 Å². The van der Waals surface area contributed by atoms with Crippen LogP contribution in [0.2, 0.25) is 0 Å². The number of nitrogens with zero attached hydrogens (tertiary/aromatic N) is 2. The van der Waals surface area contributed by atoms with Gasteiger partial charge in [-0.05, 0) is 47.7 Å². The maximum atomic E-state index is 12.1. The number of methoxy groups -OCH3 is 1. The van der Waals surface area contributed by atoms with E-state index in [0.29, 0.717) is 6.04 Å². The van der Waals surface area contributed by atoms with Crippen molar-refractivity contribution in [2.24, 2.45) is 0 Å². The lowest BCUT2D eigenvalue weighted by atomic mass is 9.90. The fourth-order valence-corrected chi connectivity index (χ4v) is 3.22. The lowest BCUT2D eigenvalue weighted by Gasteiger charge is -2.48. The summed E-state index contributed by atoms with van der Waals surface area (Å²) >= 11 is 0. The molecule has 1 aliphatic heterocycles. The molecule has 1 N–H and O–H groups in total. The molecule has 0 spiro atoms. The zero-order valence-corrected chi connectivity index (χ0v) is 14.8. The minimum Gasteiger partial charge on any atom is -0.468 e. The van der Waals surface area contributed by atoms with Gasteiger partial charge in [-0.15, -0.1) is 0 Å². The van der Waals surface area contributed by atoms with E-state index in [0.717, 1.165) is 32.6 Å². The maximum absolute atomic E-state index is 12.1. The Balaban J connectivity index is 2.74. The third-order valence-corrected chi connectivity index (χ3v) is 4.88. The highest BCUT2D eigenvalue weighted by Crippen LogP contribution is 2.24. The number of likely N-dealkylation sites (N-methyl/N-ethyl adjacent to an activating group) is 2. The number of hydrogen-bond donors (Lipinski definition) is 1. The molecule has 0 radical (unpaired) electrons. The lowest BCUT2D eigenvalue weighted by Crippen LogP contribution is -2.61. The molecule has 0 aromatic heterocycles. The van der Waals surface area contributed by atoms with Crippen molar-refractivity contribution in [3.05, 3.63) is 0 Å². The van der Waals surface area contributed by atoms with E-state index >= 15 is 0 Å². The van der Waals surface area contributed by atoms with E-state index in [1.54, 1.807) is 0 Å². The minimum absolute atomic E-state index is 0.173. The van der Waals surface area contributed by atoms with E-state index in [1.165, 1.54) is 7.11 Å². The molecular formula is C16H33N3O2. The Bertz CT molecular complexity index is 359. The number of carbonyl (C=O) groups is 1. The fraction of sp³-hybridized carbons (Fsp3) is 0.938. The van der Waals surface area contributed by atoms with E-state index in [-0.39, 0.29) is 11.5 Å². The van der Waals surface area contributed by atoms with Crippen LogP contribution in [0.25, 0.3) is 0 Å². The Morgan fingerprint density at radius 2 is 2.05 bits per heavy atom. The molecular weight excluding hydrogens is 266 g/mol. The summed E-state index contributed by atoms with van der Waals surface area (Å²) in [4.78, 5) is 17.0. The van der Waals surface area contributed by atoms with Crippen molar-refractivity contribution in [1.29, 1.82) is 0 Å². The summed E-state index contributed by atoms with van der Waals surface area (Å²) in [5.74, 6) is -0.176. The molecule has 0 aliphatic carbocycles. The van der Waals surface area contributed by atoms with Crippen LogP contribution in [-0.2, 0) is 9.53 Å². The van der Waals surface area contributed by atoms with Gasteiger partial charge >= 0.3 is 5.97 Å². The van der Waals surface area contributed by atoms with Crippen LogP contribution in [0.15, 0.2) is 0 Å². The van der Waals surface area contributed by atoms with E-state index in [9.17, 15) is 4.79 Å². The second-order valence-corrected chi connectivity index (χ2v) is 7.11. The third kappa shape index (κ3) is 4.41. The van der Waals surface area contributed by atoms with E-state index in [2.05, 4.69) is 42.9 Å². The Hall–Kier alpha value is -0.650. The number of nitrogens with one attached hydrogen (secondary N) is 1. The first-order chi connectivity index (χ1) is 9.66. The first kappa shape index (κ1) is 18.4. The van der Waals surface area contributed by atoms with Crippen molar-refractivity contribution < 1.29 is 9.53 Å². The molecule has 0 aromatic carbocycles. The second-order valence-electron chi connectivity index (χ2n) is 7.11. The predicted octanol–water partition coefficient (Wildman–Crippen LogP) is 1.33. The molecule has 124 valence electrons. The van der Waals surface area contributed by atoms with Crippen molar-refractivity contribution >= 4 is 5.97 Å². The average Bonchev–Trinajstić information content (AvgIpc) is 2.40. The molecule has 0 bridgehead atoms. The van der Waals surface area contributed by atoms with Gasteiger partial charge in [0.05, 0.1) is 7.11 Å². The largest absolute Gasteiger partial charge is 0.468 e. The fourth-order valence-electron chi connectivity index (χ4n) is 3.22. The molecule has 0 amide bonds. The van der Waals surface area contributed by atoms with Gasteiger partial charge in [0.15, 0.2) is 0 Å². The summed E-state index contributed by atoms with van der Waals surface area (Å²) in [6, 6.07) is 0.334. The van der Waals surface area contributed by atoms with Gasteiger partial charge in [0, 0.05) is 31.2 Å². The van der Waals surface area contributed by atoms with Crippen LogP contribution in [0.4, 0.5) is 0 Å². The van der Waals surface area contributed by atoms with E-state index < -0.39 is 5.54 Å². The number of piperazine rings is 1. The summed E-state index contributed by atoms with van der Waals surface area (Å²) < 4.78 is 4.99. The number of hydrogen-bond acceptors (Lipinski definition) is 5. The summed E-state index contributed by atoms with van der Waals surface area (Å²) in [5, 5.41) is 3.30. The molecule has 1 saturated heterocycles. The van der Waals surface area contributed by atoms with E-state index in [4.69, 9.17) is 4.74 Å². The standard InChI is InChI=1S/C16H33N3O2/c1-8-17-16(5,14(20)21-7)11-13(2)19-10-9-18(6)15(3,4)12-19/h13,17H,8-12H2,1-7H3. The maximum Gasteiger partial charge on any atom is 0.325 e. The Kier molecular flexibility index (Phi) is 6.20. The molecule has 1 rings (SSSR count). The smallest absolute Gasteiger partial charge is 0.325 e. The zero-order valence-electron chi connectivity index (χ0n) is 14.8. The molecule has 21 heavy (non-hydrogen) atoms. The van der Waals surface area contributed by atoms with Crippen molar-refractivity contribution in [2.75, 3.05) is 40.3 Å². The van der Waals surface area contributed by atoms with Crippen LogP contribution >= 0.6 is 0 Å². The monoisotopic (exact) mass is 299 g/mol. The van der Waals surface area contributed by atoms with Crippen LogP contribution in [-0.4, -0.2) is 73.2 Å². The van der Waals surface area contributed by atoms with Gasteiger partial charge in [-0.1, -0.05) is 6.92 Å². The number of esters is 1. The molecule has 1 aliphatic rings. The molecule has 0 aromatic rings. The number of rotatable bonds is 6. The van der Waals surface area contributed by atoms with Crippen LogP contribution in [0.1, 0.15) is 41.0 Å². The molecule has 1 heterocycles. The van der Waals surface area contributed by atoms with Crippen molar-refractivity contribution in [3.8, 4) is 0 Å². The first-order valence-electron chi connectivity index (χ1n) is 7.95. The first-order valence-corrected chi connectivity index (χ1v) is 7.95. The van der Waals surface area contributed by atoms with Crippen LogP contribution < -0.4 is 5.32 Å². The second kappa shape index (κ2) is 7.07. The highest BCUT2D eigenvalue weighted by molar-refractivity contribution is 5.80. The Labute approximate surface area is 130 Å². The van der Waals surface area contributed by atoms with Gasteiger partial charge < -0.3 is 10.1 Å². The van der Waals surface area contributed by atoms with Gasteiger partial charge in [0.25, 0.3) is 0 Å². The SMILES string of the molecule is CCNC(C)(CC(C)N1CCN(C)C(C)(C)C1)C(=O)OC. The molecule has 0 saturated carbocycles. The van der Waals surface area contributed by atoms with Gasteiger partial charge in [-0.2, -0.15) is 0 Å². The quantitative estimate of drug-likeness (QED) is 0.750. The zero-order chi connectivity index (χ0) is 16.3. The normalized spacial score (nSPS) is 24.3. The Morgan fingerprint density at radius 3 is 2.52 bits per heavy atom. The van der Waals surface area contributed by atoms with Crippen LogP contribution in [0, 0.1) is 0 Å². The molecule has 5 heteroatoms. The van der Waals surface area contributed by atoms with Crippen LogP contribution in [0.5, 0.6) is 0 Å². The summed E-state index contributed by atoms with van der Waals surface area (Å²) in [6.07, 6.45) is 0.757. The topological polar surface area (TPSA) is 44.8 Å². The minimum atomic E-state index is -0.615. The lowest BCUT2D eigenvalue weighted by molar-refractivity contribution is -0.149. The molecule has 2 atom stereocenters. The van der Waals surface area contributed by atoms with Crippen molar-refractivity contribution in [2.45, 2.75) is 58.2 Å². The average molecular weight is 299 g/mol. The summed E-state index contributed by atoms with van der Waals surface area (Å²) in [6.45, 7) is 14.6. The van der Waals surface area contributed by atoms with Gasteiger partial charge in [0.1, 0.15) is 5.54 Å². The van der Waals surface area contributed by atoms with Crippen LogP contribution in [0.3, 0.4) is 0 Å². The van der Waals surface area contributed by atoms with Crippen molar-refractivity contribution in [3.63, 3.8) is 0 Å². The summed E-state index contributed by atoms with van der Waals surface area (Å²) in [5.41, 5.74) is -0.442. The van der Waals surface area contributed by atoms with Gasteiger partial charge in [-0.3, -0.25) is 14.6 Å². The molecule has 5 nitrogen and oxygen atoms in total. The summed E-state index contributed by atoms with van der Waals surface area (Å²) in [7, 11) is 3.64. The van der Waals surface area contributed by atoms with Crippen molar-refractivity contribution in [1.82, 2.24) is 15.1 Å². The third-order valence-electron chi connectivity index (χ3n) is 4.88. The number of ether oxygens (including phenoxy) is 1. The van der Waals surface area contributed by atoms with E-state index in [1.807, 2.05) is 13.8 Å². The highest BCUT2D eigenvalue weighted by atomic mass is 16.5. The number of carbonyl (C=O) groups excluding carboxylic acids is 1. The van der Waals surface area contributed by atoms with Gasteiger partial charge in [0.2, 0.25) is 0 Å². The molecule has 2 unspecified atom stereocenters. The Morgan fingerprint density at radius 1 is 1.43 bits per heavy atom.